The SMILES string of the molecule is CN(Cc1ccccc1)c1cccc(C(=O)NCC(=O)NC2CCCCC2)c1. The van der Waals surface area contributed by atoms with Crippen molar-refractivity contribution in [1.29, 1.82) is 0 Å². The molecule has 1 aliphatic rings. The largest absolute Gasteiger partial charge is 0.370 e. The maximum absolute atomic E-state index is 12.5. The monoisotopic (exact) mass is 379 g/mol. The van der Waals surface area contributed by atoms with Crippen LogP contribution < -0.4 is 15.5 Å². The number of carbonyl (C=O) groups is 2. The Bertz CT molecular complexity index is 785. The van der Waals surface area contributed by atoms with Gasteiger partial charge in [0.2, 0.25) is 5.91 Å². The number of benzene rings is 2. The van der Waals surface area contributed by atoms with Crippen molar-refractivity contribution in [3.63, 3.8) is 0 Å². The van der Waals surface area contributed by atoms with Gasteiger partial charge in [-0.3, -0.25) is 9.59 Å². The first-order chi connectivity index (χ1) is 13.6. The van der Waals surface area contributed by atoms with Crippen LogP contribution in [0.5, 0.6) is 0 Å². The first-order valence-corrected chi connectivity index (χ1v) is 10.0. The number of hydrogen-bond acceptors (Lipinski definition) is 3. The number of rotatable bonds is 7. The molecule has 148 valence electrons. The average molecular weight is 380 g/mol. The molecule has 5 heteroatoms. The Kier molecular flexibility index (Phi) is 7.06. The van der Waals surface area contributed by atoms with Crippen molar-refractivity contribution >= 4 is 17.5 Å². The van der Waals surface area contributed by atoms with Crippen LogP contribution in [0.15, 0.2) is 54.6 Å². The highest BCUT2D eigenvalue weighted by Gasteiger charge is 2.16. The molecule has 1 fully saturated rings. The van der Waals surface area contributed by atoms with Gasteiger partial charge < -0.3 is 15.5 Å². The summed E-state index contributed by atoms with van der Waals surface area (Å²) in [6, 6.07) is 17.9. The van der Waals surface area contributed by atoms with E-state index in [4.69, 9.17) is 0 Å². The summed E-state index contributed by atoms with van der Waals surface area (Å²) in [6.45, 7) is 0.773. The Morgan fingerprint density at radius 3 is 2.50 bits per heavy atom. The highest BCUT2D eigenvalue weighted by Crippen LogP contribution is 2.18. The van der Waals surface area contributed by atoms with Crippen LogP contribution >= 0.6 is 0 Å². The van der Waals surface area contributed by atoms with Gasteiger partial charge in [-0.05, 0) is 36.6 Å². The second-order valence-electron chi connectivity index (χ2n) is 7.48. The van der Waals surface area contributed by atoms with Gasteiger partial charge in [0.25, 0.3) is 5.91 Å². The molecule has 0 radical (unpaired) electrons. The standard InChI is InChI=1S/C23H29N3O2/c1-26(17-18-9-4-2-5-10-18)21-14-8-11-19(15-21)23(28)24-16-22(27)25-20-12-6-3-7-13-20/h2,4-5,8-11,14-15,20H,3,6-7,12-13,16-17H2,1H3,(H,24,28)(H,25,27). The minimum Gasteiger partial charge on any atom is -0.370 e. The zero-order valence-electron chi connectivity index (χ0n) is 16.5. The molecule has 1 saturated carbocycles. The molecule has 0 saturated heterocycles. The zero-order valence-corrected chi connectivity index (χ0v) is 16.5. The van der Waals surface area contributed by atoms with Crippen LogP contribution in [0.3, 0.4) is 0 Å². The molecular formula is C23H29N3O2. The fourth-order valence-electron chi connectivity index (χ4n) is 3.62. The molecule has 2 aromatic rings. The van der Waals surface area contributed by atoms with E-state index in [1.54, 1.807) is 6.07 Å². The second kappa shape index (κ2) is 9.93. The Balaban J connectivity index is 1.52. The Morgan fingerprint density at radius 1 is 1.00 bits per heavy atom. The first kappa shape index (κ1) is 19.9. The van der Waals surface area contributed by atoms with E-state index in [1.807, 2.05) is 43.4 Å². The molecule has 5 nitrogen and oxygen atoms in total. The van der Waals surface area contributed by atoms with Crippen LogP contribution in [0.1, 0.15) is 48.0 Å². The maximum Gasteiger partial charge on any atom is 0.251 e. The number of nitrogens with one attached hydrogen (secondary N) is 2. The quantitative estimate of drug-likeness (QED) is 0.774. The molecule has 0 unspecified atom stereocenters. The summed E-state index contributed by atoms with van der Waals surface area (Å²) in [5.74, 6) is -0.341. The third-order valence-electron chi connectivity index (χ3n) is 5.19. The molecule has 0 heterocycles. The van der Waals surface area contributed by atoms with Gasteiger partial charge in [0.15, 0.2) is 0 Å². The van der Waals surface area contributed by atoms with Gasteiger partial charge in [0.05, 0.1) is 6.54 Å². The fraction of sp³-hybridized carbons (Fsp3) is 0.391. The van der Waals surface area contributed by atoms with E-state index in [0.29, 0.717) is 5.56 Å². The predicted molar refractivity (Wildman–Crippen MR) is 112 cm³/mol. The smallest absolute Gasteiger partial charge is 0.251 e. The van der Waals surface area contributed by atoms with E-state index < -0.39 is 0 Å². The minimum absolute atomic E-state index is 0.0133. The van der Waals surface area contributed by atoms with E-state index in [9.17, 15) is 9.59 Å². The second-order valence-corrected chi connectivity index (χ2v) is 7.48. The molecule has 0 aromatic heterocycles. The lowest BCUT2D eigenvalue weighted by molar-refractivity contribution is -0.121. The number of amides is 2. The Morgan fingerprint density at radius 2 is 1.75 bits per heavy atom. The molecule has 0 spiro atoms. The third-order valence-corrected chi connectivity index (χ3v) is 5.19. The Hall–Kier alpha value is -2.82. The summed E-state index contributed by atoms with van der Waals surface area (Å²) >= 11 is 0. The van der Waals surface area contributed by atoms with Crippen LogP contribution in [0.25, 0.3) is 0 Å². The normalized spacial score (nSPS) is 14.3. The summed E-state index contributed by atoms with van der Waals surface area (Å²) in [5, 5.41) is 5.76. The van der Waals surface area contributed by atoms with E-state index in [0.717, 1.165) is 25.1 Å². The topological polar surface area (TPSA) is 61.4 Å². The third kappa shape index (κ3) is 5.84. The number of anilines is 1. The van der Waals surface area contributed by atoms with Crippen molar-refractivity contribution < 1.29 is 9.59 Å². The van der Waals surface area contributed by atoms with Crippen LogP contribution in [0.2, 0.25) is 0 Å². The molecule has 3 rings (SSSR count). The van der Waals surface area contributed by atoms with Gasteiger partial charge in [-0.15, -0.1) is 0 Å². The van der Waals surface area contributed by atoms with Crippen LogP contribution in [0.4, 0.5) is 5.69 Å². The highest BCUT2D eigenvalue weighted by molar-refractivity contribution is 5.97. The molecular weight excluding hydrogens is 350 g/mol. The fourth-order valence-corrected chi connectivity index (χ4v) is 3.62. The molecule has 1 aliphatic carbocycles. The highest BCUT2D eigenvalue weighted by atomic mass is 16.2. The molecule has 2 amide bonds. The van der Waals surface area contributed by atoms with E-state index in [2.05, 4.69) is 27.7 Å². The van der Waals surface area contributed by atoms with Crippen molar-refractivity contribution in [2.75, 3.05) is 18.5 Å². The van der Waals surface area contributed by atoms with Gasteiger partial charge in [-0.2, -0.15) is 0 Å². The minimum atomic E-state index is -0.228. The van der Waals surface area contributed by atoms with Crippen molar-refractivity contribution in [2.24, 2.45) is 0 Å². The first-order valence-electron chi connectivity index (χ1n) is 10.0. The van der Waals surface area contributed by atoms with E-state index in [1.165, 1.54) is 24.8 Å². The van der Waals surface area contributed by atoms with Crippen LogP contribution in [0, 0.1) is 0 Å². The zero-order chi connectivity index (χ0) is 19.8. The summed E-state index contributed by atoms with van der Waals surface area (Å²) in [4.78, 5) is 26.7. The molecule has 2 aromatic carbocycles. The summed E-state index contributed by atoms with van der Waals surface area (Å²) in [7, 11) is 2.00. The summed E-state index contributed by atoms with van der Waals surface area (Å²) in [6.07, 6.45) is 5.66. The van der Waals surface area contributed by atoms with Gasteiger partial charge in [-0.25, -0.2) is 0 Å². The average Bonchev–Trinajstić information content (AvgIpc) is 2.73. The lowest BCUT2D eigenvalue weighted by atomic mass is 9.95. The molecule has 0 aliphatic heterocycles. The number of carbonyl (C=O) groups excluding carboxylic acids is 2. The van der Waals surface area contributed by atoms with E-state index >= 15 is 0 Å². The van der Waals surface area contributed by atoms with Crippen molar-refractivity contribution in [3.05, 3.63) is 65.7 Å². The number of nitrogens with zero attached hydrogens (tertiary/aromatic N) is 1. The van der Waals surface area contributed by atoms with Gasteiger partial charge >= 0.3 is 0 Å². The van der Waals surface area contributed by atoms with Crippen molar-refractivity contribution in [2.45, 2.75) is 44.7 Å². The molecule has 28 heavy (non-hydrogen) atoms. The van der Waals surface area contributed by atoms with Crippen LogP contribution in [-0.2, 0) is 11.3 Å². The van der Waals surface area contributed by atoms with Crippen LogP contribution in [-0.4, -0.2) is 31.4 Å². The lowest BCUT2D eigenvalue weighted by Crippen LogP contribution is -2.42. The maximum atomic E-state index is 12.5. The molecule has 0 bridgehead atoms. The predicted octanol–water partition coefficient (Wildman–Crippen LogP) is 3.50. The summed E-state index contributed by atoms with van der Waals surface area (Å²) in [5.41, 5.74) is 2.73. The van der Waals surface area contributed by atoms with Gasteiger partial charge in [-0.1, -0.05) is 55.7 Å². The van der Waals surface area contributed by atoms with Gasteiger partial charge in [0, 0.05) is 30.9 Å². The number of hydrogen-bond donors (Lipinski definition) is 2. The molecule has 2 N–H and O–H groups in total. The summed E-state index contributed by atoms with van der Waals surface area (Å²) < 4.78 is 0. The Labute approximate surface area is 167 Å². The van der Waals surface area contributed by atoms with Crippen molar-refractivity contribution in [3.8, 4) is 0 Å². The molecule has 0 atom stereocenters. The lowest BCUT2D eigenvalue weighted by Gasteiger charge is -2.22. The van der Waals surface area contributed by atoms with E-state index in [-0.39, 0.29) is 24.4 Å². The van der Waals surface area contributed by atoms with Gasteiger partial charge in [0.1, 0.15) is 0 Å². The van der Waals surface area contributed by atoms with Crippen molar-refractivity contribution in [1.82, 2.24) is 10.6 Å².